The van der Waals surface area contributed by atoms with Crippen molar-refractivity contribution < 1.29 is 4.79 Å². The molecule has 21 heavy (non-hydrogen) atoms. The number of rotatable bonds is 1. The van der Waals surface area contributed by atoms with E-state index in [0.29, 0.717) is 18.3 Å². The molecule has 6 heteroatoms. The predicted molar refractivity (Wildman–Crippen MR) is 76.5 cm³/mol. The van der Waals surface area contributed by atoms with Gasteiger partial charge in [0.15, 0.2) is 5.78 Å². The normalized spacial score (nSPS) is 24.3. The molecule has 0 aromatic carbocycles. The van der Waals surface area contributed by atoms with E-state index in [-0.39, 0.29) is 11.8 Å². The quantitative estimate of drug-likeness (QED) is 0.864. The summed E-state index contributed by atoms with van der Waals surface area (Å²) < 4.78 is 1.75. The molecule has 4 rings (SSSR count). The van der Waals surface area contributed by atoms with Crippen LogP contribution in [0.4, 0.5) is 5.95 Å². The summed E-state index contributed by atoms with van der Waals surface area (Å²) in [4.78, 5) is 21.2. The van der Waals surface area contributed by atoms with Gasteiger partial charge >= 0.3 is 0 Å². The van der Waals surface area contributed by atoms with Gasteiger partial charge < -0.3 is 5.32 Å². The number of pyridine rings is 1. The summed E-state index contributed by atoms with van der Waals surface area (Å²) in [6, 6.07) is 5.45. The number of nitrogens with zero attached hydrogens (tertiary/aromatic N) is 4. The van der Waals surface area contributed by atoms with Crippen molar-refractivity contribution in [3.63, 3.8) is 0 Å². The summed E-state index contributed by atoms with van der Waals surface area (Å²) in [5.41, 5.74) is 2.57. The van der Waals surface area contributed by atoms with Crippen molar-refractivity contribution in [1.82, 2.24) is 19.7 Å². The van der Waals surface area contributed by atoms with E-state index in [4.69, 9.17) is 0 Å². The number of carbonyl (C=O) groups is 1. The van der Waals surface area contributed by atoms with Gasteiger partial charge in [-0.3, -0.25) is 9.78 Å². The second-order valence-corrected chi connectivity index (χ2v) is 5.64. The topological polar surface area (TPSA) is 72.7 Å². The lowest BCUT2D eigenvalue weighted by Crippen LogP contribution is -2.33. The standard InChI is InChI=1S/C15H15N5O/c1-9-6-11-13(12(21)7-9)14(10-4-2-3-5-16-10)20-15(19-11)17-8-18-20/h2-5,8-9,14H,6-7H2,1H3,(H,17,18,19)/t9-,14+/m1/s1. The summed E-state index contributed by atoms with van der Waals surface area (Å²) >= 11 is 0. The number of carbonyl (C=O) groups excluding carboxylic acids is 1. The van der Waals surface area contributed by atoms with E-state index in [0.717, 1.165) is 23.4 Å². The van der Waals surface area contributed by atoms with Gasteiger partial charge in [0.05, 0.1) is 5.69 Å². The van der Waals surface area contributed by atoms with Crippen molar-refractivity contribution in [2.45, 2.75) is 25.8 Å². The van der Waals surface area contributed by atoms with E-state index in [1.54, 1.807) is 10.9 Å². The van der Waals surface area contributed by atoms with Crippen molar-refractivity contribution in [1.29, 1.82) is 0 Å². The number of hydrogen-bond donors (Lipinski definition) is 1. The minimum Gasteiger partial charge on any atom is -0.328 e. The van der Waals surface area contributed by atoms with Crippen LogP contribution >= 0.6 is 0 Å². The summed E-state index contributed by atoms with van der Waals surface area (Å²) in [7, 11) is 0. The molecule has 106 valence electrons. The number of aromatic nitrogens is 4. The number of allylic oxidation sites excluding steroid dienone is 2. The van der Waals surface area contributed by atoms with Gasteiger partial charge in [0.2, 0.25) is 5.95 Å². The minimum atomic E-state index is -0.278. The molecule has 2 atom stereocenters. The van der Waals surface area contributed by atoms with Crippen LogP contribution in [0.1, 0.15) is 31.5 Å². The number of ketones is 1. The summed E-state index contributed by atoms with van der Waals surface area (Å²) in [5, 5.41) is 7.54. The molecule has 2 aromatic rings. The lowest BCUT2D eigenvalue weighted by molar-refractivity contribution is -0.117. The van der Waals surface area contributed by atoms with Crippen LogP contribution in [0.15, 0.2) is 42.0 Å². The Hall–Kier alpha value is -2.50. The Morgan fingerprint density at radius 3 is 3.00 bits per heavy atom. The molecule has 3 heterocycles. The first kappa shape index (κ1) is 12.3. The molecule has 6 nitrogen and oxygen atoms in total. The molecule has 0 fully saturated rings. The molecule has 2 aromatic heterocycles. The van der Waals surface area contributed by atoms with Gasteiger partial charge in [0.1, 0.15) is 12.4 Å². The number of nitrogens with one attached hydrogen (secondary N) is 1. The van der Waals surface area contributed by atoms with E-state index in [9.17, 15) is 4.79 Å². The zero-order valence-corrected chi connectivity index (χ0v) is 11.7. The predicted octanol–water partition coefficient (Wildman–Crippen LogP) is 1.94. The Kier molecular flexibility index (Phi) is 2.63. The van der Waals surface area contributed by atoms with Crippen LogP contribution in [-0.2, 0) is 4.79 Å². The van der Waals surface area contributed by atoms with Crippen molar-refractivity contribution in [3.8, 4) is 0 Å². The fourth-order valence-corrected chi connectivity index (χ4v) is 3.16. The molecule has 2 aliphatic rings. The van der Waals surface area contributed by atoms with Gasteiger partial charge in [-0.2, -0.15) is 10.1 Å². The van der Waals surface area contributed by atoms with Crippen molar-refractivity contribution in [2.24, 2.45) is 5.92 Å². The molecule has 0 saturated heterocycles. The third-order valence-corrected chi connectivity index (χ3v) is 4.03. The Morgan fingerprint density at radius 1 is 1.29 bits per heavy atom. The van der Waals surface area contributed by atoms with Crippen LogP contribution in [0.3, 0.4) is 0 Å². The van der Waals surface area contributed by atoms with Crippen LogP contribution in [-0.4, -0.2) is 25.5 Å². The zero-order chi connectivity index (χ0) is 14.4. The third-order valence-electron chi connectivity index (χ3n) is 4.03. The molecule has 0 radical (unpaired) electrons. The SMILES string of the molecule is C[C@H]1CC(=O)C2=C(C1)Nc1ncnn1[C@H]2c1ccccn1. The number of hydrogen-bond acceptors (Lipinski definition) is 5. The van der Waals surface area contributed by atoms with Gasteiger partial charge in [-0.25, -0.2) is 4.68 Å². The monoisotopic (exact) mass is 281 g/mol. The van der Waals surface area contributed by atoms with Crippen molar-refractivity contribution in [2.75, 3.05) is 5.32 Å². The average molecular weight is 281 g/mol. The highest BCUT2D eigenvalue weighted by molar-refractivity contribution is 5.99. The molecular weight excluding hydrogens is 266 g/mol. The molecule has 0 bridgehead atoms. The van der Waals surface area contributed by atoms with Crippen LogP contribution in [0.5, 0.6) is 0 Å². The average Bonchev–Trinajstić information content (AvgIpc) is 2.93. The van der Waals surface area contributed by atoms with Crippen LogP contribution in [0, 0.1) is 5.92 Å². The second kappa shape index (κ2) is 4.51. The molecule has 0 saturated carbocycles. The van der Waals surface area contributed by atoms with Crippen LogP contribution in [0.25, 0.3) is 0 Å². The van der Waals surface area contributed by atoms with E-state index in [2.05, 4.69) is 27.3 Å². The lowest BCUT2D eigenvalue weighted by atomic mass is 9.82. The van der Waals surface area contributed by atoms with E-state index < -0.39 is 0 Å². The fraction of sp³-hybridized carbons (Fsp3) is 0.333. The molecule has 1 aliphatic heterocycles. The van der Waals surface area contributed by atoms with Gasteiger partial charge in [-0.15, -0.1) is 0 Å². The Balaban J connectivity index is 1.91. The van der Waals surface area contributed by atoms with E-state index in [1.165, 1.54) is 6.33 Å². The van der Waals surface area contributed by atoms with Gasteiger partial charge in [0.25, 0.3) is 0 Å². The zero-order valence-electron chi connectivity index (χ0n) is 11.7. The highest BCUT2D eigenvalue weighted by atomic mass is 16.1. The highest BCUT2D eigenvalue weighted by Crippen LogP contribution is 2.40. The summed E-state index contributed by atoms with van der Waals surface area (Å²) in [6.07, 6.45) is 4.68. The van der Waals surface area contributed by atoms with Gasteiger partial charge in [-0.1, -0.05) is 13.0 Å². The first-order valence-electron chi connectivity index (χ1n) is 7.07. The Labute approximate surface area is 121 Å². The molecule has 1 N–H and O–H groups in total. The molecule has 0 amide bonds. The van der Waals surface area contributed by atoms with Crippen molar-refractivity contribution >= 4 is 11.7 Å². The van der Waals surface area contributed by atoms with Gasteiger partial charge in [-0.05, 0) is 24.5 Å². The fourth-order valence-electron chi connectivity index (χ4n) is 3.16. The highest BCUT2D eigenvalue weighted by Gasteiger charge is 2.38. The van der Waals surface area contributed by atoms with Crippen molar-refractivity contribution in [3.05, 3.63) is 47.7 Å². The first-order chi connectivity index (χ1) is 10.2. The third kappa shape index (κ3) is 1.86. The Morgan fingerprint density at radius 2 is 2.19 bits per heavy atom. The maximum Gasteiger partial charge on any atom is 0.226 e. The van der Waals surface area contributed by atoms with Gasteiger partial charge in [0, 0.05) is 23.9 Å². The molecule has 0 unspecified atom stereocenters. The molecule has 1 aliphatic carbocycles. The Bertz CT molecular complexity index is 734. The van der Waals surface area contributed by atoms with E-state index in [1.807, 2.05) is 18.2 Å². The molecule has 0 spiro atoms. The van der Waals surface area contributed by atoms with Crippen LogP contribution in [0.2, 0.25) is 0 Å². The van der Waals surface area contributed by atoms with E-state index >= 15 is 0 Å². The van der Waals surface area contributed by atoms with Crippen LogP contribution < -0.4 is 5.32 Å². The largest absolute Gasteiger partial charge is 0.328 e. The smallest absolute Gasteiger partial charge is 0.226 e. The lowest BCUT2D eigenvalue weighted by Gasteiger charge is -2.33. The minimum absolute atomic E-state index is 0.174. The maximum atomic E-state index is 12.6. The number of Topliss-reactive ketones (excluding diaryl/α,β-unsaturated/α-hetero) is 1. The second-order valence-electron chi connectivity index (χ2n) is 5.64. The number of fused-ring (bicyclic) bond motifs is 1. The summed E-state index contributed by atoms with van der Waals surface area (Å²) in [6.45, 7) is 2.10. The maximum absolute atomic E-state index is 12.6. The first-order valence-corrected chi connectivity index (χ1v) is 7.07. The summed E-state index contributed by atoms with van der Waals surface area (Å²) in [5.74, 6) is 1.20. The number of anilines is 1. The molecular formula is C15H15N5O.